The van der Waals surface area contributed by atoms with Gasteiger partial charge in [-0.05, 0) is 38.6 Å². The quantitative estimate of drug-likeness (QED) is 0.492. The van der Waals surface area contributed by atoms with E-state index in [0.717, 1.165) is 19.0 Å². The molecule has 0 aromatic rings. The van der Waals surface area contributed by atoms with Gasteiger partial charge in [0, 0.05) is 12.6 Å². The first-order chi connectivity index (χ1) is 8.38. The summed E-state index contributed by atoms with van der Waals surface area (Å²) in [5.41, 5.74) is 0. The lowest BCUT2D eigenvalue weighted by atomic mass is 9.94. The molecule has 0 unspecified atom stereocenters. The van der Waals surface area contributed by atoms with Crippen molar-refractivity contribution in [1.82, 2.24) is 4.90 Å². The third-order valence-electron chi connectivity index (χ3n) is 3.83. The lowest BCUT2D eigenvalue weighted by Crippen LogP contribution is -2.39. The van der Waals surface area contributed by atoms with Gasteiger partial charge in [0.15, 0.2) is 0 Å². The van der Waals surface area contributed by atoms with Crippen LogP contribution in [-0.2, 0) is 0 Å². The molecule has 17 heavy (non-hydrogen) atoms. The lowest BCUT2D eigenvalue weighted by molar-refractivity contribution is 0.122. The molecule has 1 aliphatic carbocycles. The Balaban J connectivity index is 2.19. The second kappa shape index (κ2) is 9.67. The molecule has 0 heterocycles. The molecule has 2 nitrogen and oxygen atoms in total. The van der Waals surface area contributed by atoms with E-state index in [9.17, 15) is 0 Å². The number of aliphatic hydroxyl groups excluding tert-OH is 1. The molecule has 0 saturated heterocycles. The standard InChI is InChI=1S/C15H29NO/c1-2-3-4-5-9-12-16(13-14-17)15-10-7-6-8-11-15/h2,15,17H,1,3-14H2. The molecule has 0 aromatic heterocycles. The summed E-state index contributed by atoms with van der Waals surface area (Å²) >= 11 is 0. The van der Waals surface area contributed by atoms with Crippen molar-refractivity contribution in [2.75, 3.05) is 19.7 Å². The summed E-state index contributed by atoms with van der Waals surface area (Å²) in [7, 11) is 0. The molecule has 100 valence electrons. The fourth-order valence-electron chi connectivity index (χ4n) is 2.83. The number of hydrogen-bond donors (Lipinski definition) is 1. The largest absolute Gasteiger partial charge is 0.395 e. The van der Waals surface area contributed by atoms with E-state index in [1.165, 1.54) is 57.9 Å². The molecular formula is C15H29NO. The molecule has 0 aliphatic heterocycles. The van der Waals surface area contributed by atoms with Crippen LogP contribution in [0.1, 0.15) is 57.8 Å². The van der Waals surface area contributed by atoms with Crippen LogP contribution in [0.25, 0.3) is 0 Å². The summed E-state index contributed by atoms with van der Waals surface area (Å²) in [5, 5.41) is 9.15. The van der Waals surface area contributed by atoms with Crippen LogP contribution in [0.5, 0.6) is 0 Å². The van der Waals surface area contributed by atoms with Crippen LogP contribution >= 0.6 is 0 Å². The predicted molar refractivity (Wildman–Crippen MR) is 74.2 cm³/mol. The van der Waals surface area contributed by atoms with Gasteiger partial charge in [0.2, 0.25) is 0 Å². The minimum absolute atomic E-state index is 0.309. The van der Waals surface area contributed by atoms with Gasteiger partial charge in [0.1, 0.15) is 0 Å². The highest BCUT2D eigenvalue weighted by Gasteiger charge is 2.19. The Labute approximate surface area is 107 Å². The summed E-state index contributed by atoms with van der Waals surface area (Å²) in [6.45, 7) is 6.10. The van der Waals surface area contributed by atoms with Gasteiger partial charge in [-0.3, -0.25) is 4.90 Å². The van der Waals surface area contributed by atoms with Gasteiger partial charge in [0.05, 0.1) is 6.61 Å². The van der Waals surface area contributed by atoms with Gasteiger partial charge in [-0.1, -0.05) is 31.8 Å². The molecule has 1 saturated carbocycles. The van der Waals surface area contributed by atoms with E-state index >= 15 is 0 Å². The third kappa shape index (κ3) is 6.23. The van der Waals surface area contributed by atoms with Crippen LogP contribution in [0, 0.1) is 0 Å². The van der Waals surface area contributed by atoms with Crippen LogP contribution < -0.4 is 0 Å². The zero-order valence-corrected chi connectivity index (χ0v) is 11.2. The van der Waals surface area contributed by atoms with Gasteiger partial charge in [-0.25, -0.2) is 0 Å². The van der Waals surface area contributed by atoms with Crippen LogP contribution in [-0.4, -0.2) is 35.7 Å². The van der Waals surface area contributed by atoms with Crippen molar-refractivity contribution >= 4 is 0 Å². The minimum atomic E-state index is 0.309. The predicted octanol–water partition coefficient (Wildman–Crippen LogP) is 3.36. The molecule has 1 fully saturated rings. The first-order valence-corrected chi connectivity index (χ1v) is 7.34. The molecule has 0 atom stereocenters. The van der Waals surface area contributed by atoms with E-state index in [4.69, 9.17) is 5.11 Å². The van der Waals surface area contributed by atoms with Crippen molar-refractivity contribution < 1.29 is 5.11 Å². The lowest BCUT2D eigenvalue weighted by Gasteiger charge is -2.34. The Morgan fingerprint density at radius 1 is 1.06 bits per heavy atom. The summed E-state index contributed by atoms with van der Waals surface area (Å²) in [6, 6.07) is 0.746. The molecule has 0 spiro atoms. The molecule has 0 aromatic carbocycles. The maximum Gasteiger partial charge on any atom is 0.0558 e. The number of aliphatic hydroxyl groups is 1. The van der Waals surface area contributed by atoms with E-state index in [0.29, 0.717) is 6.61 Å². The van der Waals surface area contributed by atoms with Crippen molar-refractivity contribution in [3.05, 3.63) is 12.7 Å². The summed E-state index contributed by atoms with van der Waals surface area (Å²) in [4.78, 5) is 2.52. The Kier molecular flexibility index (Phi) is 8.37. The molecule has 0 amide bonds. The third-order valence-corrected chi connectivity index (χ3v) is 3.83. The highest BCUT2D eigenvalue weighted by atomic mass is 16.3. The minimum Gasteiger partial charge on any atom is -0.395 e. The molecule has 2 heteroatoms. The molecule has 1 N–H and O–H groups in total. The molecule has 0 radical (unpaired) electrons. The maximum atomic E-state index is 9.15. The van der Waals surface area contributed by atoms with Crippen LogP contribution in [0.4, 0.5) is 0 Å². The van der Waals surface area contributed by atoms with Gasteiger partial charge in [-0.2, -0.15) is 0 Å². The number of nitrogens with zero attached hydrogens (tertiary/aromatic N) is 1. The summed E-state index contributed by atoms with van der Waals surface area (Å²) in [5.74, 6) is 0. The van der Waals surface area contributed by atoms with Crippen LogP contribution in [0.3, 0.4) is 0 Å². The van der Waals surface area contributed by atoms with Crippen molar-refractivity contribution in [2.45, 2.75) is 63.8 Å². The zero-order valence-electron chi connectivity index (χ0n) is 11.2. The monoisotopic (exact) mass is 239 g/mol. The van der Waals surface area contributed by atoms with Gasteiger partial charge in [0.25, 0.3) is 0 Å². The second-order valence-electron chi connectivity index (χ2n) is 5.19. The van der Waals surface area contributed by atoms with E-state index < -0.39 is 0 Å². The Hall–Kier alpha value is -0.340. The van der Waals surface area contributed by atoms with Crippen molar-refractivity contribution in [3.63, 3.8) is 0 Å². The Bertz CT molecular complexity index is 187. The van der Waals surface area contributed by atoms with Crippen LogP contribution in [0.2, 0.25) is 0 Å². The van der Waals surface area contributed by atoms with Crippen molar-refractivity contribution in [3.8, 4) is 0 Å². The fourth-order valence-corrected chi connectivity index (χ4v) is 2.83. The molecule has 1 rings (SSSR count). The van der Waals surface area contributed by atoms with E-state index in [2.05, 4.69) is 11.5 Å². The van der Waals surface area contributed by atoms with Crippen LogP contribution in [0.15, 0.2) is 12.7 Å². The topological polar surface area (TPSA) is 23.5 Å². The average Bonchev–Trinajstić information content (AvgIpc) is 2.38. The Morgan fingerprint density at radius 3 is 2.47 bits per heavy atom. The fraction of sp³-hybridized carbons (Fsp3) is 0.867. The normalized spacial score (nSPS) is 17.5. The van der Waals surface area contributed by atoms with E-state index in [-0.39, 0.29) is 0 Å². The van der Waals surface area contributed by atoms with Gasteiger partial charge < -0.3 is 5.11 Å². The van der Waals surface area contributed by atoms with E-state index in [1.807, 2.05) is 6.08 Å². The first-order valence-electron chi connectivity index (χ1n) is 7.34. The summed E-state index contributed by atoms with van der Waals surface area (Å²) < 4.78 is 0. The molecular weight excluding hydrogens is 210 g/mol. The number of allylic oxidation sites excluding steroid dienone is 1. The van der Waals surface area contributed by atoms with Crippen molar-refractivity contribution in [1.29, 1.82) is 0 Å². The number of rotatable bonds is 9. The smallest absolute Gasteiger partial charge is 0.0558 e. The molecule has 1 aliphatic rings. The first kappa shape index (κ1) is 14.7. The van der Waals surface area contributed by atoms with Gasteiger partial charge >= 0.3 is 0 Å². The average molecular weight is 239 g/mol. The SMILES string of the molecule is C=CCCCCCN(CCO)C1CCCCC1. The number of hydrogen-bond acceptors (Lipinski definition) is 2. The van der Waals surface area contributed by atoms with Gasteiger partial charge in [-0.15, -0.1) is 6.58 Å². The summed E-state index contributed by atoms with van der Waals surface area (Å²) in [6.07, 6.45) is 13.8. The Morgan fingerprint density at radius 2 is 1.82 bits per heavy atom. The van der Waals surface area contributed by atoms with Crippen molar-refractivity contribution in [2.24, 2.45) is 0 Å². The zero-order chi connectivity index (χ0) is 12.3. The highest BCUT2D eigenvalue weighted by Crippen LogP contribution is 2.22. The maximum absolute atomic E-state index is 9.15. The number of unbranched alkanes of at least 4 members (excludes halogenated alkanes) is 3. The molecule has 0 bridgehead atoms. The second-order valence-corrected chi connectivity index (χ2v) is 5.19. The van der Waals surface area contributed by atoms with E-state index in [1.54, 1.807) is 0 Å². The highest BCUT2D eigenvalue weighted by molar-refractivity contribution is 4.76.